The lowest BCUT2D eigenvalue weighted by molar-refractivity contribution is -0.141. The molecule has 2 bridgehead atoms. The van der Waals surface area contributed by atoms with Gasteiger partial charge in [-0.1, -0.05) is 23.7 Å². The Bertz CT molecular complexity index is 1210. The van der Waals surface area contributed by atoms with Crippen molar-refractivity contribution in [2.24, 2.45) is 0 Å². The highest BCUT2D eigenvalue weighted by Crippen LogP contribution is 2.32. The summed E-state index contributed by atoms with van der Waals surface area (Å²) in [6.07, 6.45) is 4.00. The normalized spacial score (nSPS) is 20.7. The lowest BCUT2D eigenvalue weighted by Crippen LogP contribution is -2.64. The van der Waals surface area contributed by atoms with Crippen LogP contribution in [0.2, 0.25) is 5.02 Å². The molecule has 0 aliphatic carbocycles. The predicted octanol–water partition coefficient (Wildman–Crippen LogP) is 2.98. The number of hydrogen-bond acceptors (Lipinski definition) is 6. The van der Waals surface area contributed by atoms with E-state index in [0.29, 0.717) is 44.2 Å². The second kappa shape index (κ2) is 10.5. The molecule has 8 nitrogen and oxygen atoms in total. The number of carbonyl (C=O) groups excluding carboxylic acids is 1. The van der Waals surface area contributed by atoms with E-state index in [4.69, 9.17) is 21.1 Å². The van der Waals surface area contributed by atoms with Crippen LogP contribution in [0.3, 0.4) is 0 Å². The molecule has 1 N–H and O–H groups in total. The van der Waals surface area contributed by atoms with Gasteiger partial charge >= 0.3 is 0 Å². The summed E-state index contributed by atoms with van der Waals surface area (Å²) in [5.74, 6) is -0.103. The fraction of sp³-hybridized carbons (Fsp3) is 0.375. The van der Waals surface area contributed by atoms with Gasteiger partial charge in [0.1, 0.15) is 11.6 Å². The number of ether oxygens (including phenoxy) is 2. The largest absolute Gasteiger partial charge is 0.495 e. The molecule has 2 aromatic carbocycles. The number of morpholine rings is 1. The van der Waals surface area contributed by atoms with E-state index in [9.17, 15) is 17.6 Å². The molecule has 2 fully saturated rings. The molecule has 4 rings (SSSR count). The number of benzene rings is 2. The molecular formula is C24H27ClFN3O5S. The molecule has 2 aliphatic rings. The van der Waals surface area contributed by atoms with Crippen molar-refractivity contribution in [3.8, 4) is 5.75 Å². The minimum atomic E-state index is -3.56. The minimum Gasteiger partial charge on any atom is -0.495 e. The van der Waals surface area contributed by atoms with Gasteiger partial charge in [0, 0.05) is 31.3 Å². The van der Waals surface area contributed by atoms with Crippen molar-refractivity contribution in [3.05, 3.63) is 64.4 Å². The molecule has 2 aromatic rings. The number of nitrogens with zero attached hydrogens (tertiary/aromatic N) is 2. The number of amides is 1. The van der Waals surface area contributed by atoms with Gasteiger partial charge in [0.2, 0.25) is 15.9 Å². The molecule has 2 aliphatic heterocycles. The van der Waals surface area contributed by atoms with Crippen LogP contribution >= 0.6 is 11.6 Å². The number of hydrogen-bond donors (Lipinski definition) is 1. The summed E-state index contributed by atoms with van der Waals surface area (Å²) >= 11 is 6.15. The second-order valence-electron chi connectivity index (χ2n) is 8.67. The van der Waals surface area contributed by atoms with Crippen molar-refractivity contribution in [1.82, 2.24) is 9.80 Å². The number of piperazine rings is 1. The Hall–Kier alpha value is -2.66. The van der Waals surface area contributed by atoms with Crippen LogP contribution in [0.15, 0.2) is 42.5 Å². The van der Waals surface area contributed by atoms with E-state index in [1.165, 1.54) is 31.4 Å². The maximum atomic E-state index is 13.3. The molecule has 2 atom stereocenters. The van der Waals surface area contributed by atoms with Crippen LogP contribution in [0.4, 0.5) is 10.1 Å². The smallest absolute Gasteiger partial charge is 0.246 e. The molecular weight excluding hydrogens is 497 g/mol. The minimum absolute atomic E-state index is 0.0167. The van der Waals surface area contributed by atoms with Crippen LogP contribution in [0, 0.1) is 5.82 Å². The van der Waals surface area contributed by atoms with Gasteiger partial charge in [-0.2, -0.15) is 0 Å². The van der Waals surface area contributed by atoms with Gasteiger partial charge in [0.15, 0.2) is 0 Å². The number of fused-ring (bicyclic) bond motifs is 2. The zero-order valence-corrected chi connectivity index (χ0v) is 21.0. The highest BCUT2D eigenvalue weighted by atomic mass is 35.5. The zero-order chi connectivity index (χ0) is 25.2. The van der Waals surface area contributed by atoms with E-state index < -0.39 is 10.0 Å². The summed E-state index contributed by atoms with van der Waals surface area (Å²) in [5.41, 5.74) is 1.70. The lowest BCUT2D eigenvalue weighted by atomic mass is 10.0. The van der Waals surface area contributed by atoms with Crippen LogP contribution in [0.1, 0.15) is 11.1 Å². The van der Waals surface area contributed by atoms with Gasteiger partial charge in [-0.05, 0) is 35.9 Å². The Kier molecular flexibility index (Phi) is 7.65. The third kappa shape index (κ3) is 6.32. The van der Waals surface area contributed by atoms with Crippen LogP contribution in [-0.2, 0) is 26.1 Å². The van der Waals surface area contributed by atoms with Gasteiger partial charge < -0.3 is 14.4 Å². The average Bonchev–Trinajstić information content (AvgIpc) is 2.78. The third-order valence-electron chi connectivity index (χ3n) is 6.04. The number of nitrogens with one attached hydrogen (secondary N) is 1. The van der Waals surface area contributed by atoms with Crippen molar-refractivity contribution in [2.75, 3.05) is 44.4 Å². The van der Waals surface area contributed by atoms with Crippen molar-refractivity contribution in [1.29, 1.82) is 0 Å². The summed E-state index contributed by atoms with van der Waals surface area (Å²) in [6.45, 7) is 2.63. The monoisotopic (exact) mass is 523 g/mol. The molecule has 2 unspecified atom stereocenters. The average molecular weight is 524 g/mol. The van der Waals surface area contributed by atoms with E-state index in [-0.39, 0.29) is 34.5 Å². The molecule has 1 amide bonds. The maximum absolute atomic E-state index is 13.3. The molecule has 2 saturated heterocycles. The van der Waals surface area contributed by atoms with E-state index in [0.717, 1.165) is 11.8 Å². The fourth-order valence-corrected chi connectivity index (χ4v) is 5.20. The molecule has 35 heavy (non-hydrogen) atoms. The van der Waals surface area contributed by atoms with E-state index >= 15 is 0 Å². The maximum Gasteiger partial charge on any atom is 0.246 e. The van der Waals surface area contributed by atoms with Gasteiger partial charge in [-0.25, -0.2) is 12.8 Å². The fourth-order valence-electron chi connectivity index (χ4n) is 4.39. The molecule has 0 saturated carbocycles. The third-order valence-corrected chi connectivity index (χ3v) is 6.92. The van der Waals surface area contributed by atoms with Crippen molar-refractivity contribution in [3.63, 3.8) is 0 Å². The second-order valence-corrected chi connectivity index (χ2v) is 10.8. The highest BCUT2D eigenvalue weighted by molar-refractivity contribution is 7.92. The van der Waals surface area contributed by atoms with Crippen molar-refractivity contribution in [2.45, 2.75) is 18.6 Å². The molecule has 2 heterocycles. The summed E-state index contributed by atoms with van der Waals surface area (Å²) in [5, 5.41) is 0.243. The first kappa shape index (κ1) is 25.4. The summed E-state index contributed by atoms with van der Waals surface area (Å²) in [7, 11) is -2.10. The number of methoxy groups -OCH3 is 1. The van der Waals surface area contributed by atoms with E-state index in [2.05, 4.69) is 9.62 Å². The van der Waals surface area contributed by atoms with Gasteiger partial charge in [-0.15, -0.1) is 0 Å². The van der Waals surface area contributed by atoms with Crippen molar-refractivity contribution >= 4 is 39.3 Å². The molecule has 0 aromatic heterocycles. The van der Waals surface area contributed by atoms with Crippen LogP contribution < -0.4 is 9.46 Å². The number of sulfonamides is 1. The van der Waals surface area contributed by atoms with Crippen molar-refractivity contribution < 1.29 is 27.1 Å². The van der Waals surface area contributed by atoms with Crippen LogP contribution in [-0.4, -0.2) is 75.9 Å². The topological polar surface area (TPSA) is 88.2 Å². The lowest BCUT2D eigenvalue weighted by Gasteiger charge is -2.49. The molecule has 188 valence electrons. The first-order valence-corrected chi connectivity index (χ1v) is 13.3. The summed E-state index contributed by atoms with van der Waals surface area (Å²) in [4.78, 5) is 17.1. The molecule has 11 heteroatoms. The standard InChI is InChI=1S/C24H27ClFN3O5S/c1-33-23-9-17(22(10-21(23)25)27-35(2,31)32)5-8-24(30)28-12-19-14-34-15-20(13-28)29(19)11-16-3-6-18(26)7-4-16/h3-10,19-20,27H,11-15H2,1-2H3. The summed E-state index contributed by atoms with van der Waals surface area (Å²) in [6, 6.07) is 9.50. The van der Waals surface area contributed by atoms with E-state index in [1.807, 2.05) is 0 Å². The van der Waals surface area contributed by atoms with E-state index in [1.54, 1.807) is 29.2 Å². The van der Waals surface area contributed by atoms with Gasteiger partial charge in [0.25, 0.3) is 0 Å². The quantitative estimate of drug-likeness (QED) is 0.561. The Morgan fingerprint density at radius 3 is 2.49 bits per heavy atom. The summed E-state index contributed by atoms with van der Waals surface area (Å²) < 4.78 is 50.2. The Balaban J connectivity index is 1.49. The van der Waals surface area contributed by atoms with Gasteiger partial charge in [0.05, 0.1) is 49.4 Å². The number of rotatable bonds is 7. The first-order valence-electron chi connectivity index (χ1n) is 11.0. The number of carbonyl (C=O) groups is 1. The predicted molar refractivity (Wildman–Crippen MR) is 132 cm³/mol. The molecule has 0 spiro atoms. The SMILES string of the molecule is COc1cc(C=CC(=O)N2CC3COCC(C2)N3Cc2ccc(F)cc2)c(NS(C)(=O)=O)cc1Cl. The van der Waals surface area contributed by atoms with Crippen LogP contribution in [0.25, 0.3) is 6.08 Å². The zero-order valence-electron chi connectivity index (χ0n) is 19.4. The molecule has 0 radical (unpaired) electrons. The Morgan fingerprint density at radius 2 is 1.89 bits per heavy atom. The number of halogens is 2. The van der Waals surface area contributed by atoms with Gasteiger partial charge in [-0.3, -0.25) is 14.4 Å². The highest BCUT2D eigenvalue weighted by Gasteiger charge is 2.39. The first-order chi connectivity index (χ1) is 16.6. The Labute approximate surface area is 209 Å². The van der Waals surface area contributed by atoms with Crippen LogP contribution in [0.5, 0.6) is 5.75 Å². The Morgan fingerprint density at radius 1 is 1.23 bits per heavy atom. The number of anilines is 1.